The molecule has 3 aromatic carbocycles. The van der Waals surface area contributed by atoms with Crippen LogP contribution in [0.4, 0.5) is 0 Å². The second-order valence-corrected chi connectivity index (χ2v) is 7.69. The SMILES string of the molecule is CC(CN(C)Cc1ccccc1)C(O)(c1ccccc1)c1ccccc1.O=C(O)C(=O)O. The maximum absolute atomic E-state index is 11.8. The molecule has 0 aromatic heterocycles. The smallest absolute Gasteiger partial charge is 0.414 e. The number of rotatable bonds is 7. The lowest BCUT2D eigenvalue weighted by Crippen LogP contribution is -2.40. The number of hydrogen-bond donors (Lipinski definition) is 3. The lowest BCUT2D eigenvalue weighted by atomic mass is 9.76. The van der Waals surface area contributed by atoms with Gasteiger partial charge in [-0.25, -0.2) is 9.59 Å². The molecule has 1 atom stereocenters. The third-order valence-corrected chi connectivity index (χ3v) is 5.20. The minimum Gasteiger partial charge on any atom is -0.473 e. The van der Waals surface area contributed by atoms with Gasteiger partial charge in [0.2, 0.25) is 0 Å². The van der Waals surface area contributed by atoms with Crippen LogP contribution in [-0.2, 0) is 21.7 Å². The first-order valence-electron chi connectivity index (χ1n) is 10.3. The molecule has 6 nitrogen and oxygen atoms in total. The molecule has 168 valence electrons. The largest absolute Gasteiger partial charge is 0.473 e. The van der Waals surface area contributed by atoms with E-state index >= 15 is 0 Å². The molecule has 3 N–H and O–H groups in total. The van der Waals surface area contributed by atoms with Gasteiger partial charge >= 0.3 is 11.9 Å². The molecule has 0 bridgehead atoms. The third kappa shape index (κ3) is 6.77. The van der Waals surface area contributed by atoms with E-state index in [9.17, 15) is 5.11 Å². The highest BCUT2D eigenvalue weighted by Crippen LogP contribution is 2.37. The van der Waals surface area contributed by atoms with E-state index in [1.807, 2.05) is 66.7 Å². The van der Waals surface area contributed by atoms with E-state index in [2.05, 4.69) is 43.1 Å². The predicted molar refractivity (Wildman–Crippen MR) is 123 cm³/mol. The zero-order chi connectivity index (χ0) is 23.6. The van der Waals surface area contributed by atoms with Crippen molar-refractivity contribution in [3.8, 4) is 0 Å². The standard InChI is InChI=1S/C24H27NO.C2H2O4/c1-20(18-25(2)19-21-12-6-3-7-13-21)24(26,22-14-8-4-9-15-22)23-16-10-5-11-17-23;3-1(4)2(5)6/h3-17,20,26H,18-19H2,1-2H3;(H,3,4)(H,5,6). The van der Waals surface area contributed by atoms with Crippen LogP contribution in [0.15, 0.2) is 91.0 Å². The van der Waals surface area contributed by atoms with E-state index in [1.165, 1.54) is 5.56 Å². The minimum absolute atomic E-state index is 0.0287. The normalized spacial score (nSPS) is 11.9. The molecule has 0 aliphatic carbocycles. The Morgan fingerprint density at radius 1 is 0.781 bits per heavy atom. The molecule has 0 aliphatic heterocycles. The fourth-order valence-corrected chi connectivity index (χ4v) is 3.68. The Morgan fingerprint density at radius 3 is 1.53 bits per heavy atom. The fraction of sp³-hybridized carbons (Fsp3) is 0.231. The van der Waals surface area contributed by atoms with Crippen LogP contribution in [0.25, 0.3) is 0 Å². The van der Waals surface area contributed by atoms with Gasteiger partial charge in [0, 0.05) is 19.0 Å². The highest BCUT2D eigenvalue weighted by Gasteiger charge is 2.37. The second kappa shape index (κ2) is 11.8. The number of carboxylic acid groups (broad SMARTS) is 2. The minimum atomic E-state index is -1.82. The summed E-state index contributed by atoms with van der Waals surface area (Å²) in [7, 11) is 2.11. The van der Waals surface area contributed by atoms with Gasteiger partial charge in [0.05, 0.1) is 0 Å². The Labute approximate surface area is 188 Å². The third-order valence-electron chi connectivity index (χ3n) is 5.20. The maximum atomic E-state index is 11.8. The molecule has 0 heterocycles. The Morgan fingerprint density at radius 2 is 1.16 bits per heavy atom. The van der Waals surface area contributed by atoms with Gasteiger partial charge in [0.15, 0.2) is 0 Å². The van der Waals surface area contributed by atoms with Gasteiger partial charge in [-0.05, 0) is 23.7 Å². The van der Waals surface area contributed by atoms with Crippen LogP contribution in [0.5, 0.6) is 0 Å². The highest BCUT2D eigenvalue weighted by molar-refractivity contribution is 6.27. The van der Waals surface area contributed by atoms with E-state index in [0.29, 0.717) is 0 Å². The molecule has 32 heavy (non-hydrogen) atoms. The topological polar surface area (TPSA) is 98.1 Å². The van der Waals surface area contributed by atoms with Crippen molar-refractivity contribution in [3.63, 3.8) is 0 Å². The van der Waals surface area contributed by atoms with Crippen LogP contribution in [0, 0.1) is 5.92 Å². The molecule has 0 spiro atoms. The molecule has 0 amide bonds. The monoisotopic (exact) mass is 435 g/mol. The van der Waals surface area contributed by atoms with Crippen LogP contribution in [0.3, 0.4) is 0 Å². The van der Waals surface area contributed by atoms with Crippen LogP contribution in [0.1, 0.15) is 23.6 Å². The summed E-state index contributed by atoms with van der Waals surface area (Å²) in [5, 5.41) is 26.6. The van der Waals surface area contributed by atoms with Gasteiger partial charge in [0.25, 0.3) is 0 Å². The fourth-order valence-electron chi connectivity index (χ4n) is 3.68. The van der Waals surface area contributed by atoms with Gasteiger partial charge in [-0.1, -0.05) is 97.9 Å². The van der Waals surface area contributed by atoms with Crippen molar-refractivity contribution in [1.82, 2.24) is 4.90 Å². The van der Waals surface area contributed by atoms with Crippen LogP contribution < -0.4 is 0 Å². The number of aliphatic carboxylic acids is 2. The molecule has 1 unspecified atom stereocenters. The summed E-state index contributed by atoms with van der Waals surface area (Å²) in [5.74, 6) is -3.62. The molecule has 0 saturated heterocycles. The Balaban J connectivity index is 0.000000534. The molecule has 6 heteroatoms. The summed E-state index contributed by atoms with van der Waals surface area (Å²) in [6.07, 6.45) is 0. The van der Waals surface area contributed by atoms with E-state index in [0.717, 1.165) is 24.2 Å². The van der Waals surface area contributed by atoms with Crippen molar-refractivity contribution in [2.75, 3.05) is 13.6 Å². The summed E-state index contributed by atoms with van der Waals surface area (Å²) in [6, 6.07) is 30.4. The van der Waals surface area contributed by atoms with Crippen molar-refractivity contribution in [2.24, 2.45) is 5.92 Å². The number of nitrogens with zero attached hydrogens (tertiary/aromatic N) is 1. The molecule has 0 aliphatic rings. The highest BCUT2D eigenvalue weighted by atomic mass is 16.4. The van der Waals surface area contributed by atoms with Crippen LogP contribution in [-0.4, -0.2) is 45.8 Å². The number of benzene rings is 3. The molecule has 0 radical (unpaired) electrons. The molecule has 3 aromatic rings. The van der Waals surface area contributed by atoms with Gasteiger partial charge in [-0.3, -0.25) is 0 Å². The molecular formula is C26H29NO5. The summed E-state index contributed by atoms with van der Waals surface area (Å²) >= 11 is 0. The number of aliphatic hydroxyl groups is 1. The van der Waals surface area contributed by atoms with Crippen molar-refractivity contribution in [1.29, 1.82) is 0 Å². The molecular weight excluding hydrogens is 406 g/mol. The van der Waals surface area contributed by atoms with E-state index in [4.69, 9.17) is 19.8 Å². The van der Waals surface area contributed by atoms with Crippen molar-refractivity contribution < 1.29 is 24.9 Å². The van der Waals surface area contributed by atoms with Crippen molar-refractivity contribution >= 4 is 11.9 Å². The van der Waals surface area contributed by atoms with E-state index in [-0.39, 0.29) is 5.92 Å². The Bertz CT molecular complexity index is 925. The lowest BCUT2D eigenvalue weighted by molar-refractivity contribution is -0.159. The first-order valence-corrected chi connectivity index (χ1v) is 10.3. The zero-order valence-corrected chi connectivity index (χ0v) is 18.3. The molecule has 3 rings (SSSR count). The first-order chi connectivity index (χ1) is 15.2. The van der Waals surface area contributed by atoms with Crippen molar-refractivity contribution in [2.45, 2.75) is 19.1 Å². The average molecular weight is 436 g/mol. The van der Waals surface area contributed by atoms with Crippen LogP contribution in [0.2, 0.25) is 0 Å². The van der Waals surface area contributed by atoms with E-state index in [1.54, 1.807) is 0 Å². The zero-order valence-electron chi connectivity index (χ0n) is 18.3. The van der Waals surface area contributed by atoms with Gasteiger partial charge in [0.1, 0.15) is 5.60 Å². The number of carbonyl (C=O) groups is 2. The first kappa shape index (κ1) is 24.8. The Hall–Kier alpha value is -3.48. The average Bonchev–Trinajstić information content (AvgIpc) is 2.80. The number of hydrogen-bond acceptors (Lipinski definition) is 4. The molecule has 0 fully saturated rings. The molecule has 0 saturated carbocycles. The maximum Gasteiger partial charge on any atom is 0.414 e. The van der Waals surface area contributed by atoms with Gasteiger partial charge < -0.3 is 20.2 Å². The van der Waals surface area contributed by atoms with Gasteiger partial charge in [-0.2, -0.15) is 0 Å². The summed E-state index contributed by atoms with van der Waals surface area (Å²) < 4.78 is 0. The second-order valence-electron chi connectivity index (χ2n) is 7.69. The lowest BCUT2D eigenvalue weighted by Gasteiger charge is -2.37. The van der Waals surface area contributed by atoms with Gasteiger partial charge in [-0.15, -0.1) is 0 Å². The van der Waals surface area contributed by atoms with Crippen LogP contribution >= 0.6 is 0 Å². The summed E-state index contributed by atoms with van der Waals surface area (Å²) in [5.41, 5.74) is 2.14. The quantitative estimate of drug-likeness (QED) is 0.488. The Kier molecular flexibility index (Phi) is 9.13. The summed E-state index contributed by atoms with van der Waals surface area (Å²) in [4.78, 5) is 20.5. The van der Waals surface area contributed by atoms with E-state index < -0.39 is 17.5 Å². The predicted octanol–water partition coefficient (Wildman–Crippen LogP) is 3.85. The number of carboxylic acids is 2. The van der Waals surface area contributed by atoms with Crippen molar-refractivity contribution in [3.05, 3.63) is 108 Å². The summed E-state index contributed by atoms with van der Waals surface area (Å²) in [6.45, 7) is 3.78.